The summed E-state index contributed by atoms with van der Waals surface area (Å²) in [6.45, 7) is 7.86. The van der Waals surface area contributed by atoms with Gasteiger partial charge in [-0.2, -0.15) is 0 Å². The van der Waals surface area contributed by atoms with Crippen LogP contribution < -0.4 is 5.32 Å². The smallest absolute Gasteiger partial charge is 0.344 e. The van der Waals surface area contributed by atoms with Gasteiger partial charge in [0.2, 0.25) is 11.4 Å². The minimum Gasteiger partial charge on any atom is -0.464 e. The number of hydrogen-bond acceptors (Lipinski definition) is 5. The maximum atomic E-state index is 12.0. The van der Waals surface area contributed by atoms with E-state index in [1.54, 1.807) is 13.8 Å². The Morgan fingerprint density at radius 3 is 1.84 bits per heavy atom. The lowest BCUT2D eigenvalue weighted by molar-refractivity contribution is -0.167. The van der Waals surface area contributed by atoms with Crippen molar-refractivity contribution in [2.45, 2.75) is 32.7 Å². The van der Waals surface area contributed by atoms with Crippen LogP contribution in [0.5, 0.6) is 0 Å². The van der Waals surface area contributed by atoms with Crippen molar-refractivity contribution in [1.82, 2.24) is 5.32 Å². The molecule has 0 saturated heterocycles. The molecule has 0 spiro atoms. The van der Waals surface area contributed by atoms with Crippen LogP contribution in [0.3, 0.4) is 0 Å². The lowest BCUT2D eigenvalue weighted by Gasteiger charge is -2.29. The molecule has 0 aliphatic heterocycles. The van der Waals surface area contributed by atoms with Gasteiger partial charge < -0.3 is 14.8 Å². The zero-order valence-corrected chi connectivity index (χ0v) is 12.0. The van der Waals surface area contributed by atoms with E-state index in [1.807, 2.05) is 0 Å². The molecule has 6 nitrogen and oxygen atoms in total. The number of rotatable bonds is 7. The number of amides is 1. The summed E-state index contributed by atoms with van der Waals surface area (Å²) in [5, 5.41) is 2.28. The number of halogens is 1. The Labute approximate surface area is 117 Å². The molecule has 108 valence electrons. The molecule has 1 amide bonds. The highest BCUT2D eigenvalue weighted by molar-refractivity contribution is 6.30. The summed E-state index contributed by atoms with van der Waals surface area (Å²) >= 11 is 5.67. The van der Waals surface area contributed by atoms with Gasteiger partial charge in [0.1, 0.15) is 0 Å². The van der Waals surface area contributed by atoms with Gasteiger partial charge >= 0.3 is 11.9 Å². The molecule has 0 fully saturated rings. The van der Waals surface area contributed by atoms with E-state index in [0.717, 1.165) is 0 Å². The Balaban J connectivity index is 5.54. The van der Waals surface area contributed by atoms with E-state index in [1.165, 1.54) is 6.92 Å². The molecule has 0 saturated carbocycles. The van der Waals surface area contributed by atoms with Crippen LogP contribution in [-0.4, -0.2) is 36.6 Å². The van der Waals surface area contributed by atoms with Crippen LogP contribution in [0.15, 0.2) is 11.6 Å². The van der Waals surface area contributed by atoms with Crippen LogP contribution in [0.1, 0.15) is 27.2 Å². The summed E-state index contributed by atoms with van der Waals surface area (Å²) in [4.78, 5) is 35.3. The number of nitrogens with one attached hydrogen (secondary N) is 1. The molecular formula is C12H18ClNO5. The number of carbonyl (C=O) groups excluding carboxylic acids is 3. The SMILES string of the molecule is C=C(Cl)CC(NC(C)=O)(C(=O)OCC)C(=O)OCC. The van der Waals surface area contributed by atoms with Crippen LogP contribution >= 0.6 is 11.6 Å². The topological polar surface area (TPSA) is 81.7 Å². The van der Waals surface area contributed by atoms with Crippen molar-refractivity contribution in [3.05, 3.63) is 11.6 Å². The number of hydrogen-bond donors (Lipinski definition) is 1. The van der Waals surface area contributed by atoms with Gasteiger partial charge in [0.25, 0.3) is 0 Å². The highest BCUT2D eigenvalue weighted by Crippen LogP contribution is 2.22. The first-order valence-electron chi connectivity index (χ1n) is 5.76. The van der Waals surface area contributed by atoms with Crippen LogP contribution in [-0.2, 0) is 23.9 Å². The number of carbonyl (C=O) groups is 3. The van der Waals surface area contributed by atoms with Crippen molar-refractivity contribution < 1.29 is 23.9 Å². The molecule has 0 radical (unpaired) electrons. The van der Waals surface area contributed by atoms with E-state index in [2.05, 4.69) is 11.9 Å². The Morgan fingerprint density at radius 1 is 1.16 bits per heavy atom. The van der Waals surface area contributed by atoms with Crippen LogP contribution in [0, 0.1) is 0 Å². The van der Waals surface area contributed by atoms with E-state index in [0.29, 0.717) is 0 Å². The van der Waals surface area contributed by atoms with Gasteiger partial charge in [-0.15, -0.1) is 0 Å². The highest BCUT2D eigenvalue weighted by atomic mass is 35.5. The fourth-order valence-corrected chi connectivity index (χ4v) is 1.67. The van der Waals surface area contributed by atoms with Gasteiger partial charge in [0.15, 0.2) is 0 Å². The molecule has 0 rings (SSSR count). The van der Waals surface area contributed by atoms with Crippen molar-refractivity contribution in [1.29, 1.82) is 0 Å². The molecule has 0 bridgehead atoms. The summed E-state index contributed by atoms with van der Waals surface area (Å²) < 4.78 is 9.64. The van der Waals surface area contributed by atoms with Gasteiger partial charge in [0, 0.05) is 18.4 Å². The second kappa shape index (κ2) is 7.78. The Kier molecular flexibility index (Phi) is 7.14. The monoisotopic (exact) mass is 291 g/mol. The van der Waals surface area contributed by atoms with Crippen molar-refractivity contribution >= 4 is 29.4 Å². The van der Waals surface area contributed by atoms with Crippen LogP contribution in [0.2, 0.25) is 0 Å². The summed E-state index contributed by atoms with van der Waals surface area (Å²) in [5.41, 5.74) is -1.99. The molecule has 0 aliphatic rings. The summed E-state index contributed by atoms with van der Waals surface area (Å²) in [5.74, 6) is -2.44. The predicted octanol–water partition coefficient (Wildman–Crippen LogP) is 1.13. The molecule has 0 unspecified atom stereocenters. The van der Waals surface area contributed by atoms with Crippen LogP contribution in [0.25, 0.3) is 0 Å². The van der Waals surface area contributed by atoms with Crippen molar-refractivity contribution in [3.63, 3.8) is 0 Å². The van der Waals surface area contributed by atoms with Gasteiger partial charge in [-0.3, -0.25) is 4.79 Å². The summed E-state index contributed by atoms with van der Waals surface area (Å²) in [7, 11) is 0. The molecule has 0 heterocycles. The van der Waals surface area contributed by atoms with Crippen molar-refractivity contribution in [2.75, 3.05) is 13.2 Å². The minimum atomic E-state index is -1.99. The molecule has 1 N–H and O–H groups in total. The molecular weight excluding hydrogens is 274 g/mol. The zero-order valence-electron chi connectivity index (χ0n) is 11.2. The lowest BCUT2D eigenvalue weighted by Crippen LogP contribution is -2.61. The molecule has 0 aromatic heterocycles. The normalized spacial score (nSPS) is 10.5. The lowest BCUT2D eigenvalue weighted by atomic mass is 9.94. The third-order valence-corrected chi connectivity index (χ3v) is 2.23. The van der Waals surface area contributed by atoms with Crippen LogP contribution in [0.4, 0.5) is 0 Å². The zero-order chi connectivity index (χ0) is 15.1. The van der Waals surface area contributed by atoms with E-state index in [9.17, 15) is 14.4 Å². The van der Waals surface area contributed by atoms with E-state index in [-0.39, 0.29) is 24.7 Å². The molecule has 0 aromatic carbocycles. The Morgan fingerprint density at radius 2 is 1.58 bits per heavy atom. The van der Waals surface area contributed by atoms with Crippen molar-refractivity contribution in [3.8, 4) is 0 Å². The highest BCUT2D eigenvalue weighted by Gasteiger charge is 2.50. The molecule has 7 heteroatoms. The van der Waals surface area contributed by atoms with Gasteiger partial charge in [-0.05, 0) is 13.8 Å². The number of ether oxygens (including phenoxy) is 2. The summed E-state index contributed by atoms with van der Waals surface area (Å²) in [6.07, 6.45) is -0.300. The van der Waals surface area contributed by atoms with Crippen molar-refractivity contribution in [2.24, 2.45) is 0 Å². The first-order chi connectivity index (χ1) is 8.80. The standard InChI is InChI=1S/C12H18ClNO5/c1-5-18-10(16)12(7-8(3)13,14-9(4)15)11(17)19-6-2/h3,5-7H2,1-2,4H3,(H,14,15). The third kappa shape index (κ3) is 4.90. The first kappa shape index (κ1) is 17.4. The second-order valence-corrected chi connectivity index (χ2v) is 4.26. The van der Waals surface area contributed by atoms with E-state index < -0.39 is 23.4 Å². The van der Waals surface area contributed by atoms with E-state index in [4.69, 9.17) is 21.1 Å². The van der Waals surface area contributed by atoms with Gasteiger partial charge in [-0.25, -0.2) is 9.59 Å². The Bertz CT molecular complexity index is 344. The second-order valence-electron chi connectivity index (χ2n) is 3.72. The average Bonchev–Trinajstić information content (AvgIpc) is 2.27. The molecule has 0 aromatic rings. The van der Waals surface area contributed by atoms with E-state index >= 15 is 0 Å². The molecule has 0 atom stereocenters. The fraction of sp³-hybridized carbons (Fsp3) is 0.583. The minimum absolute atomic E-state index is 0.0230. The predicted molar refractivity (Wildman–Crippen MR) is 69.4 cm³/mol. The van der Waals surface area contributed by atoms with Gasteiger partial charge in [-0.1, -0.05) is 18.2 Å². The average molecular weight is 292 g/mol. The Hall–Kier alpha value is -1.56. The molecule has 19 heavy (non-hydrogen) atoms. The van der Waals surface area contributed by atoms with Gasteiger partial charge in [0.05, 0.1) is 13.2 Å². The maximum absolute atomic E-state index is 12.0. The number of esters is 2. The fourth-order valence-electron chi connectivity index (χ4n) is 1.47. The summed E-state index contributed by atoms with van der Waals surface area (Å²) in [6, 6.07) is 0. The maximum Gasteiger partial charge on any atom is 0.344 e. The molecule has 0 aliphatic carbocycles. The third-order valence-electron chi connectivity index (χ3n) is 2.09. The largest absolute Gasteiger partial charge is 0.464 e. The quantitative estimate of drug-likeness (QED) is 0.562. The first-order valence-corrected chi connectivity index (χ1v) is 6.14.